The number of amides is 3. The third-order valence-corrected chi connectivity index (χ3v) is 7.44. The van der Waals surface area contributed by atoms with Crippen LogP contribution < -0.4 is 4.72 Å². The molecule has 0 spiro atoms. The van der Waals surface area contributed by atoms with E-state index in [2.05, 4.69) is 4.98 Å². The van der Waals surface area contributed by atoms with Gasteiger partial charge in [-0.15, -0.1) is 0 Å². The van der Waals surface area contributed by atoms with Crippen LogP contribution in [0.5, 0.6) is 0 Å². The molecule has 3 amide bonds. The summed E-state index contributed by atoms with van der Waals surface area (Å²) in [6.07, 6.45) is 7.45. The van der Waals surface area contributed by atoms with Gasteiger partial charge in [-0.05, 0) is 24.7 Å². The van der Waals surface area contributed by atoms with Crippen molar-refractivity contribution in [2.45, 2.75) is 30.8 Å². The van der Waals surface area contributed by atoms with Crippen molar-refractivity contribution in [2.24, 2.45) is 23.7 Å². The fourth-order valence-electron chi connectivity index (χ4n) is 4.94. The van der Waals surface area contributed by atoms with Gasteiger partial charge in [0.05, 0.1) is 18.0 Å². The zero-order chi connectivity index (χ0) is 18.9. The molecule has 1 N–H and O–H groups in total. The lowest BCUT2D eigenvalue weighted by atomic mass is 9.85. The topological polar surface area (TPSA) is 118 Å². The number of allylic oxidation sites excluding steroid dienone is 2. The number of likely N-dealkylation sites (tertiary alicyclic amines) is 1. The van der Waals surface area contributed by atoms with Gasteiger partial charge < -0.3 is 4.57 Å². The Morgan fingerprint density at radius 2 is 1.85 bits per heavy atom. The summed E-state index contributed by atoms with van der Waals surface area (Å²) in [6.45, 7) is -0.0493. The molecule has 142 valence electrons. The van der Waals surface area contributed by atoms with Crippen LogP contribution >= 0.6 is 0 Å². The lowest BCUT2D eigenvalue weighted by Gasteiger charge is -2.17. The van der Waals surface area contributed by atoms with E-state index in [0.29, 0.717) is 18.8 Å². The maximum absolute atomic E-state index is 12.6. The van der Waals surface area contributed by atoms with Gasteiger partial charge in [-0.1, -0.05) is 12.2 Å². The maximum atomic E-state index is 12.6. The fraction of sp³-hybridized carbons (Fsp3) is 0.529. The van der Waals surface area contributed by atoms with Crippen molar-refractivity contribution in [1.29, 1.82) is 0 Å². The van der Waals surface area contributed by atoms with Crippen molar-refractivity contribution in [3.8, 4) is 0 Å². The molecule has 9 nitrogen and oxygen atoms in total. The Kier molecular flexibility index (Phi) is 3.40. The Labute approximate surface area is 155 Å². The smallest absolute Gasteiger partial charge is 0.281 e. The Bertz CT molecular complexity index is 981. The highest BCUT2D eigenvalue weighted by Gasteiger charge is 2.59. The van der Waals surface area contributed by atoms with Crippen LogP contribution in [0.1, 0.15) is 18.7 Å². The lowest BCUT2D eigenvalue weighted by molar-refractivity contribution is -0.144. The molecule has 2 aliphatic carbocycles. The van der Waals surface area contributed by atoms with Crippen LogP contribution in [0, 0.1) is 23.7 Å². The molecule has 4 aliphatic rings. The minimum absolute atomic E-state index is 0.0441. The number of nitrogens with zero attached hydrogens (tertiary/aromatic N) is 3. The van der Waals surface area contributed by atoms with Crippen molar-refractivity contribution in [3.05, 3.63) is 24.2 Å². The number of hydrogen-bond acceptors (Lipinski definition) is 6. The number of imide groups is 1. The van der Waals surface area contributed by atoms with Gasteiger partial charge in [0.15, 0.2) is 5.03 Å². The molecule has 1 saturated heterocycles. The van der Waals surface area contributed by atoms with Crippen LogP contribution in [0.15, 0.2) is 23.4 Å². The molecule has 10 heteroatoms. The van der Waals surface area contributed by atoms with Gasteiger partial charge in [-0.3, -0.25) is 19.3 Å². The molecule has 0 radical (unpaired) electrons. The van der Waals surface area contributed by atoms with Crippen LogP contribution in [0.2, 0.25) is 0 Å². The summed E-state index contributed by atoms with van der Waals surface area (Å²) in [5, 5.41) is -0.0680. The Morgan fingerprint density at radius 1 is 1.19 bits per heavy atom. The second-order valence-corrected chi connectivity index (χ2v) is 9.19. The number of carbonyl (C=O) groups is 3. The van der Waals surface area contributed by atoms with E-state index >= 15 is 0 Å². The predicted molar refractivity (Wildman–Crippen MR) is 90.3 cm³/mol. The molecular formula is C17H18N4O5S. The summed E-state index contributed by atoms with van der Waals surface area (Å²) >= 11 is 0. The van der Waals surface area contributed by atoms with E-state index in [0.717, 1.165) is 17.7 Å². The molecule has 2 fully saturated rings. The first-order valence-electron chi connectivity index (χ1n) is 9.00. The van der Waals surface area contributed by atoms with Gasteiger partial charge in [0.1, 0.15) is 12.4 Å². The van der Waals surface area contributed by atoms with E-state index in [-0.39, 0.29) is 28.7 Å². The third-order valence-electron chi connectivity index (χ3n) is 6.07. The van der Waals surface area contributed by atoms with Crippen LogP contribution in [0.25, 0.3) is 0 Å². The average molecular weight is 390 g/mol. The quantitative estimate of drug-likeness (QED) is 0.544. The first kappa shape index (κ1) is 16.7. The zero-order valence-corrected chi connectivity index (χ0v) is 15.2. The number of nitrogens with one attached hydrogen (secondary N) is 1. The molecule has 3 heterocycles. The molecule has 0 aromatic carbocycles. The number of sulfonamides is 1. The number of aromatic nitrogens is 2. The van der Waals surface area contributed by atoms with Gasteiger partial charge >= 0.3 is 0 Å². The highest BCUT2D eigenvalue weighted by Crippen LogP contribution is 2.52. The minimum Gasteiger partial charge on any atom is -0.318 e. The molecule has 5 rings (SSSR count). The van der Waals surface area contributed by atoms with Crippen LogP contribution in [0.4, 0.5) is 0 Å². The number of rotatable bonds is 4. The highest BCUT2D eigenvalue weighted by molar-refractivity contribution is 7.90. The summed E-state index contributed by atoms with van der Waals surface area (Å²) in [5.41, 5.74) is 0. The first-order chi connectivity index (χ1) is 12.9. The summed E-state index contributed by atoms with van der Waals surface area (Å²) < 4.78 is 28.6. The summed E-state index contributed by atoms with van der Waals surface area (Å²) in [6, 6.07) is 0. The molecule has 1 saturated carbocycles. The number of hydrogen-bond donors (Lipinski definition) is 1. The normalized spacial score (nSPS) is 30.9. The average Bonchev–Trinajstić information content (AvgIpc) is 3.37. The van der Waals surface area contributed by atoms with Crippen LogP contribution in [-0.4, -0.2) is 47.1 Å². The Hall–Kier alpha value is -2.49. The summed E-state index contributed by atoms with van der Waals surface area (Å²) in [7, 11) is -4.11. The molecular weight excluding hydrogens is 372 g/mol. The van der Waals surface area contributed by atoms with E-state index in [4.69, 9.17) is 0 Å². The molecule has 1 aromatic heterocycles. The maximum Gasteiger partial charge on any atom is 0.281 e. The highest BCUT2D eigenvalue weighted by atomic mass is 32.2. The number of aryl methyl sites for hydroxylation is 1. The molecule has 2 bridgehead atoms. The zero-order valence-electron chi connectivity index (χ0n) is 14.4. The van der Waals surface area contributed by atoms with Crippen LogP contribution in [0.3, 0.4) is 0 Å². The van der Waals surface area contributed by atoms with E-state index in [1.807, 2.05) is 16.9 Å². The van der Waals surface area contributed by atoms with Crippen molar-refractivity contribution in [2.75, 3.05) is 6.54 Å². The second kappa shape index (κ2) is 5.51. The lowest BCUT2D eigenvalue weighted by Crippen LogP contribution is -2.43. The van der Waals surface area contributed by atoms with Gasteiger partial charge in [0.2, 0.25) is 11.8 Å². The van der Waals surface area contributed by atoms with Crippen molar-refractivity contribution < 1.29 is 22.8 Å². The van der Waals surface area contributed by atoms with Gasteiger partial charge in [0.25, 0.3) is 15.9 Å². The van der Waals surface area contributed by atoms with Gasteiger partial charge in [-0.2, -0.15) is 8.42 Å². The second-order valence-electron chi connectivity index (χ2n) is 7.56. The van der Waals surface area contributed by atoms with E-state index in [1.165, 1.54) is 6.20 Å². The molecule has 27 heavy (non-hydrogen) atoms. The van der Waals surface area contributed by atoms with Gasteiger partial charge in [0, 0.05) is 13.0 Å². The molecule has 4 atom stereocenters. The Morgan fingerprint density at radius 3 is 2.52 bits per heavy atom. The largest absolute Gasteiger partial charge is 0.318 e. The first-order valence-corrected chi connectivity index (χ1v) is 10.5. The molecule has 1 aromatic rings. The SMILES string of the molecule is O=C(CN1C(=O)C2C3C=CC(C3)C2C1=O)NS(=O)(=O)c1cnc2n1CCC2. The summed E-state index contributed by atoms with van der Waals surface area (Å²) in [4.78, 5) is 42.5. The van der Waals surface area contributed by atoms with Gasteiger partial charge in [-0.25, -0.2) is 9.71 Å². The minimum atomic E-state index is -4.11. The van der Waals surface area contributed by atoms with Crippen molar-refractivity contribution >= 4 is 27.7 Å². The standard InChI is InChI=1S/C17H18N4O5S/c22-12(19-27(25,26)13-7-18-11-2-1-5-20(11)13)8-21-16(23)14-9-3-4-10(6-9)15(14)17(21)24/h3-4,7,9-10,14-15H,1-2,5-6,8H2,(H,19,22). The van der Waals surface area contributed by atoms with Crippen molar-refractivity contribution in [1.82, 2.24) is 19.2 Å². The van der Waals surface area contributed by atoms with E-state index in [1.54, 1.807) is 4.57 Å². The number of fused-ring (bicyclic) bond motifs is 6. The summed E-state index contributed by atoms with van der Waals surface area (Å²) in [5.74, 6) is -1.71. The number of imidazole rings is 1. The third kappa shape index (κ3) is 2.32. The monoisotopic (exact) mass is 390 g/mol. The van der Waals surface area contributed by atoms with E-state index in [9.17, 15) is 22.8 Å². The Balaban J connectivity index is 1.31. The van der Waals surface area contributed by atoms with Crippen LogP contribution in [-0.2, 0) is 37.4 Å². The van der Waals surface area contributed by atoms with E-state index < -0.39 is 34.3 Å². The fourth-order valence-corrected chi connectivity index (χ4v) is 6.09. The number of carbonyl (C=O) groups excluding carboxylic acids is 3. The predicted octanol–water partition coefficient (Wildman–Crippen LogP) is -0.559. The molecule has 4 unspecified atom stereocenters. The molecule has 2 aliphatic heterocycles. The van der Waals surface area contributed by atoms with Crippen molar-refractivity contribution in [3.63, 3.8) is 0 Å².